The number of halogens is 1. The van der Waals surface area contributed by atoms with Crippen molar-refractivity contribution in [2.75, 3.05) is 11.9 Å². The summed E-state index contributed by atoms with van der Waals surface area (Å²) in [5.41, 5.74) is 8.34. The van der Waals surface area contributed by atoms with Gasteiger partial charge in [0.05, 0.1) is 11.5 Å². The van der Waals surface area contributed by atoms with E-state index in [1.807, 2.05) is 19.9 Å². The first-order valence-electron chi connectivity index (χ1n) is 7.56. The number of nitriles is 1. The summed E-state index contributed by atoms with van der Waals surface area (Å²) < 4.78 is 13.0. The second-order valence-corrected chi connectivity index (χ2v) is 5.73. The Balaban J connectivity index is 2.14. The lowest BCUT2D eigenvalue weighted by Gasteiger charge is -2.16. The van der Waals surface area contributed by atoms with Gasteiger partial charge >= 0.3 is 0 Å². The highest BCUT2D eigenvalue weighted by Gasteiger charge is 2.18. The zero-order valence-electron chi connectivity index (χ0n) is 13.6. The Hall–Kier alpha value is -2.94. The summed E-state index contributed by atoms with van der Waals surface area (Å²) in [5, 5.41) is 12.3. The summed E-state index contributed by atoms with van der Waals surface area (Å²) in [5.74, 6) is -0.842. The first kappa shape index (κ1) is 17.4. The van der Waals surface area contributed by atoms with Crippen LogP contribution in [0.15, 0.2) is 30.3 Å². The number of amides is 1. The molecular weight excluding hydrogens is 307 g/mol. The molecule has 124 valence electrons. The van der Waals surface area contributed by atoms with Gasteiger partial charge in [-0.3, -0.25) is 4.79 Å². The zero-order valence-corrected chi connectivity index (χ0v) is 13.6. The summed E-state index contributed by atoms with van der Waals surface area (Å²) in [4.78, 5) is 16.0. The maximum absolute atomic E-state index is 13.0. The first-order valence-corrected chi connectivity index (χ1v) is 7.56. The highest BCUT2D eigenvalue weighted by Crippen LogP contribution is 2.18. The number of carbonyl (C=O) groups excluding carboxylic acids is 1. The van der Waals surface area contributed by atoms with E-state index in [4.69, 9.17) is 5.73 Å². The maximum Gasteiger partial charge on any atom is 0.222 e. The fourth-order valence-corrected chi connectivity index (χ4v) is 2.50. The van der Waals surface area contributed by atoms with Crippen molar-refractivity contribution in [3.05, 3.63) is 58.5 Å². The number of anilines is 1. The molecule has 2 rings (SSSR count). The van der Waals surface area contributed by atoms with Crippen LogP contribution in [0, 0.1) is 36.9 Å². The number of hydrogen-bond acceptors (Lipinski definition) is 4. The van der Waals surface area contributed by atoms with Crippen LogP contribution >= 0.6 is 0 Å². The van der Waals surface area contributed by atoms with Gasteiger partial charge in [-0.2, -0.15) is 5.26 Å². The Kier molecular flexibility index (Phi) is 5.48. The summed E-state index contributed by atoms with van der Waals surface area (Å²) in [7, 11) is 0. The number of primary amides is 1. The Bertz CT molecular complexity index is 781. The second-order valence-electron chi connectivity index (χ2n) is 5.73. The van der Waals surface area contributed by atoms with Gasteiger partial charge in [-0.25, -0.2) is 9.37 Å². The third-order valence-electron chi connectivity index (χ3n) is 3.77. The standard InChI is InChI=1S/C18H19FN4O/c1-11-7-12(2)23-18(16(11)9-20)22-10-14(17(21)24)8-13-3-5-15(19)6-4-13/h3-7,14H,8,10H2,1-2H3,(H2,21,24)(H,22,23)/t14-/m1/s1. The molecule has 0 aliphatic carbocycles. The predicted octanol–water partition coefficient (Wildman–Crippen LogP) is 2.47. The molecule has 3 N–H and O–H groups in total. The molecule has 0 saturated carbocycles. The third kappa shape index (κ3) is 4.29. The van der Waals surface area contributed by atoms with Crippen molar-refractivity contribution in [3.8, 4) is 6.07 Å². The van der Waals surface area contributed by atoms with Crippen molar-refractivity contribution in [2.24, 2.45) is 11.7 Å². The average molecular weight is 326 g/mol. The van der Waals surface area contributed by atoms with Crippen LogP contribution in [0.25, 0.3) is 0 Å². The molecule has 24 heavy (non-hydrogen) atoms. The number of nitrogens with zero attached hydrogens (tertiary/aromatic N) is 2. The summed E-state index contributed by atoms with van der Waals surface area (Å²) >= 11 is 0. The lowest BCUT2D eigenvalue weighted by Crippen LogP contribution is -2.31. The van der Waals surface area contributed by atoms with E-state index in [0.717, 1.165) is 16.8 Å². The van der Waals surface area contributed by atoms with E-state index in [2.05, 4.69) is 16.4 Å². The number of nitrogens with two attached hydrogens (primary N) is 1. The van der Waals surface area contributed by atoms with Crippen molar-refractivity contribution in [3.63, 3.8) is 0 Å². The van der Waals surface area contributed by atoms with E-state index in [9.17, 15) is 14.4 Å². The minimum Gasteiger partial charge on any atom is -0.369 e. The molecule has 5 nitrogen and oxygen atoms in total. The zero-order chi connectivity index (χ0) is 17.7. The van der Waals surface area contributed by atoms with Gasteiger partial charge in [0.2, 0.25) is 5.91 Å². The van der Waals surface area contributed by atoms with Gasteiger partial charge in [-0.05, 0) is 49.6 Å². The van der Waals surface area contributed by atoms with E-state index in [0.29, 0.717) is 17.8 Å². The summed E-state index contributed by atoms with van der Waals surface area (Å²) in [6, 6.07) is 9.89. The predicted molar refractivity (Wildman–Crippen MR) is 89.7 cm³/mol. The molecule has 1 aromatic heterocycles. The van der Waals surface area contributed by atoms with Crippen LogP contribution in [-0.2, 0) is 11.2 Å². The van der Waals surface area contributed by atoms with Gasteiger partial charge in [-0.15, -0.1) is 0 Å². The number of aromatic nitrogens is 1. The normalized spacial score (nSPS) is 11.6. The smallest absolute Gasteiger partial charge is 0.222 e. The Morgan fingerprint density at radius 2 is 2.04 bits per heavy atom. The quantitative estimate of drug-likeness (QED) is 0.853. The number of hydrogen-bond donors (Lipinski definition) is 2. The SMILES string of the molecule is Cc1cc(C)c(C#N)c(NC[C@@H](Cc2ccc(F)cc2)C(N)=O)n1. The molecule has 1 aromatic carbocycles. The average Bonchev–Trinajstić information content (AvgIpc) is 2.52. The fourth-order valence-electron chi connectivity index (χ4n) is 2.50. The van der Waals surface area contributed by atoms with Crippen molar-refractivity contribution in [1.29, 1.82) is 5.26 Å². The number of rotatable bonds is 6. The number of carbonyl (C=O) groups is 1. The van der Waals surface area contributed by atoms with Crippen LogP contribution in [0.3, 0.4) is 0 Å². The van der Waals surface area contributed by atoms with Crippen LogP contribution in [0.5, 0.6) is 0 Å². The van der Waals surface area contributed by atoms with Crippen LogP contribution < -0.4 is 11.1 Å². The van der Waals surface area contributed by atoms with Gasteiger partial charge < -0.3 is 11.1 Å². The first-order chi connectivity index (χ1) is 11.4. The van der Waals surface area contributed by atoms with Gasteiger partial charge in [0.15, 0.2) is 0 Å². The molecule has 0 aliphatic heterocycles. The van der Waals surface area contributed by atoms with Crippen molar-refractivity contribution >= 4 is 11.7 Å². The van der Waals surface area contributed by atoms with Crippen LogP contribution in [-0.4, -0.2) is 17.4 Å². The van der Waals surface area contributed by atoms with E-state index >= 15 is 0 Å². The lowest BCUT2D eigenvalue weighted by atomic mass is 9.98. The monoisotopic (exact) mass is 326 g/mol. The minimum atomic E-state index is -0.496. The van der Waals surface area contributed by atoms with Gasteiger partial charge in [0.1, 0.15) is 17.7 Å². The molecule has 2 aromatic rings. The van der Waals surface area contributed by atoms with Crippen molar-refractivity contribution < 1.29 is 9.18 Å². The van der Waals surface area contributed by atoms with Gasteiger partial charge in [0, 0.05) is 12.2 Å². The van der Waals surface area contributed by atoms with E-state index in [-0.39, 0.29) is 12.4 Å². The van der Waals surface area contributed by atoms with E-state index in [1.165, 1.54) is 12.1 Å². The molecule has 0 aliphatic rings. The number of pyridine rings is 1. The number of nitrogens with one attached hydrogen (secondary N) is 1. The van der Waals surface area contributed by atoms with Gasteiger partial charge in [0.25, 0.3) is 0 Å². The van der Waals surface area contributed by atoms with Crippen LogP contribution in [0.4, 0.5) is 10.2 Å². The van der Waals surface area contributed by atoms with Crippen LogP contribution in [0.2, 0.25) is 0 Å². The Morgan fingerprint density at radius 3 is 2.62 bits per heavy atom. The highest BCUT2D eigenvalue weighted by molar-refractivity contribution is 5.77. The molecular formula is C18H19FN4O. The minimum absolute atomic E-state index is 0.247. The fraction of sp³-hybridized carbons (Fsp3) is 0.278. The molecule has 0 unspecified atom stereocenters. The molecule has 0 radical (unpaired) electrons. The number of aryl methyl sites for hydroxylation is 2. The molecule has 6 heteroatoms. The summed E-state index contributed by atoms with van der Waals surface area (Å²) in [6.45, 7) is 3.92. The van der Waals surface area contributed by atoms with E-state index < -0.39 is 11.8 Å². The molecule has 1 amide bonds. The van der Waals surface area contributed by atoms with Crippen molar-refractivity contribution in [1.82, 2.24) is 4.98 Å². The topological polar surface area (TPSA) is 91.8 Å². The molecule has 1 heterocycles. The Morgan fingerprint density at radius 1 is 1.38 bits per heavy atom. The molecule has 0 spiro atoms. The van der Waals surface area contributed by atoms with Crippen LogP contribution in [0.1, 0.15) is 22.4 Å². The third-order valence-corrected chi connectivity index (χ3v) is 3.77. The maximum atomic E-state index is 13.0. The van der Waals surface area contributed by atoms with Crippen molar-refractivity contribution in [2.45, 2.75) is 20.3 Å². The largest absolute Gasteiger partial charge is 0.369 e. The molecule has 0 fully saturated rings. The molecule has 0 bridgehead atoms. The molecule has 0 saturated heterocycles. The van der Waals surface area contributed by atoms with E-state index in [1.54, 1.807) is 12.1 Å². The number of benzene rings is 1. The van der Waals surface area contributed by atoms with Gasteiger partial charge in [-0.1, -0.05) is 12.1 Å². The Labute approximate surface area is 140 Å². The summed E-state index contributed by atoms with van der Waals surface area (Å²) in [6.07, 6.45) is 0.384. The second kappa shape index (κ2) is 7.55. The highest BCUT2D eigenvalue weighted by atomic mass is 19.1. The molecule has 1 atom stereocenters. The lowest BCUT2D eigenvalue weighted by molar-refractivity contribution is -0.121.